The quantitative estimate of drug-likeness (QED) is 0.173. The van der Waals surface area contributed by atoms with Gasteiger partial charge in [-0.15, -0.1) is 0 Å². The van der Waals surface area contributed by atoms with E-state index in [0.29, 0.717) is 5.82 Å². The SMILES string of the molecule is c1ccc(-c2ccc(-c3cc(-c4cccc5c4oc4ccccc45)nc(-c4cccc5c4-c4ccccc4C54c5ccccc5-n5c6ccccc6c6cccc4c65)n3)c(-c3ccccc3)c2)cc1. The standard InChI is InChI=1S/C65H39N3O/c1-3-18-40(19-4-1)42-36-37-43(51(38-42)41-20-5-2-6-21-41)56-39-57(49-27-15-26-47-45-23-9-14-35-60(45)69-63(47)49)67-64(66-56)50-28-17-31-54-61(50)48-24-7-10-29-52(48)65(54)53-30-11-13-34-59(53)68-58-33-12-8-22-44(58)46-25-16-32-55(65)62(46)68/h1-39H. The van der Waals surface area contributed by atoms with Crippen molar-refractivity contribution in [1.82, 2.24) is 14.5 Å². The van der Waals surface area contributed by atoms with Gasteiger partial charge in [-0.1, -0.05) is 200 Å². The lowest BCUT2D eigenvalue weighted by Crippen LogP contribution is -2.33. The first-order chi connectivity index (χ1) is 34.2. The molecule has 13 aromatic rings. The van der Waals surface area contributed by atoms with Gasteiger partial charge in [0, 0.05) is 38.2 Å². The molecule has 0 amide bonds. The summed E-state index contributed by atoms with van der Waals surface area (Å²) in [7, 11) is 0. The minimum absolute atomic E-state index is 0.615. The molecule has 0 bridgehead atoms. The number of fused-ring (bicyclic) bond motifs is 15. The van der Waals surface area contributed by atoms with Gasteiger partial charge in [-0.05, 0) is 92.0 Å². The Balaban J connectivity index is 1.03. The van der Waals surface area contributed by atoms with Crippen LogP contribution in [0.2, 0.25) is 0 Å². The Morgan fingerprint density at radius 3 is 1.84 bits per heavy atom. The first-order valence-electron chi connectivity index (χ1n) is 23.7. The Morgan fingerprint density at radius 2 is 0.971 bits per heavy atom. The van der Waals surface area contributed by atoms with Crippen molar-refractivity contribution in [3.05, 3.63) is 259 Å². The lowest BCUT2D eigenvalue weighted by Gasteiger charge is -2.39. The van der Waals surface area contributed by atoms with Crippen LogP contribution in [0.4, 0.5) is 0 Å². The molecule has 4 heterocycles. The summed E-state index contributed by atoms with van der Waals surface area (Å²) in [5.74, 6) is 0.655. The molecule has 1 aliphatic heterocycles. The maximum absolute atomic E-state index is 6.73. The van der Waals surface area contributed by atoms with Gasteiger partial charge in [-0.2, -0.15) is 0 Å². The van der Waals surface area contributed by atoms with Crippen molar-refractivity contribution in [3.8, 4) is 73.0 Å². The minimum atomic E-state index is -0.615. The van der Waals surface area contributed by atoms with E-state index in [1.165, 1.54) is 55.3 Å². The Bertz CT molecular complexity index is 4260. The van der Waals surface area contributed by atoms with Crippen LogP contribution in [0.5, 0.6) is 0 Å². The molecular formula is C65H39N3O. The average Bonchev–Trinajstić information content (AvgIpc) is 4.08. The second kappa shape index (κ2) is 14.4. The zero-order chi connectivity index (χ0) is 45.2. The van der Waals surface area contributed by atoms with Crippen molar-refractivity contribution in [2.45, 2.75) is 5.41 Å². The molecule has 0 saturated carbocycles. The molecule has 3 aromatic heterocycles. The topological polar surface area (TPSA) is 43.9 Å². The molecule has 0 fully saturated rings. The first-order valence-corrected chi connectivity index (χ1v) is 23.7. The normalized spacial score (nSPS) is 14.4. The van der Waals surface area contributed by atoms with E-state index in [-0.39, 0.29) is 0 Å². The Hall–Kier alpha value is -9.12. The second-order valence-electron chi connectivity index (χ2n) is 18.3. The Kier molecular flexibility index (Phi) is 7.96. The number of nitrogens with zero attached hydrogens (tertiary/aromatic N) is 3. The van der Waals surface area contributed by atoms with E-state index < -0.39 is 5.41 Å². The van der Waals surface area contributed by atoms with E-state index in [4.69, 9.17) is 14.4 Å². The predicted octanol–water partition coefficient (Wildman–Crippen LogP) is 16.5. The van der Waals surface area contributed by atoms with Gasteiger partial charge >= 0.3 is 0 Å². The summed E-state index contributed by atoms with van der Waals surface area (Å²) in [5, 5.41) is 4.65. The van der Waals surface area contributed by atoms with Gasteiger partial charge in [0.25, 0.3) is 0 Å². The van der Waals surface area contributed by atoms with Crippen LogP contribution in [0.15, 0.2) is 241 Å². The molecule has 0 N–H and O–H groups in total. The van der Waals surface area contributed by atoms with Crippen molar-refractivity contribution in [1.29, 1.82) is 0 Å². The number of aromatic nitrogens is 3. The van der Waals surface area contributed by atoms with Crippen LogP contribution >= 0.6 is 0 Å². The molecule has 4 nitrogen and oxygen atoms in total. The van der Waals surface area contributed by atoms with E-state index in [1.807, 2.05) is 12.1 Å². The van der Waals surface area contributed by atoms with Crippen LogP contribution in [0, 0.1) is 0 Å². The summed E-state index contributed by atoms with van der Waals surface area (Å²) in [4.78, 5) is 11.3. The van der Waals surface area contributed by atoms with Crippen molar-refractivity contribution >= 4 is 43.7 Å². The van der Waals surface area contributed by atoms with Crippen molar-refractivity contribution < 1.29 is 4.42 Å². The van der Waals surface area contributed by atoms with Crippen LogP contribution in [0.1, 0.15) is 22.3 Å². The zero-order valence-corrected chi connectivity index (χ0v) is 37.3. The van der Waals surface area contributed by atoms with E-state index in [9.17, 15) is 0 Å². The summed E-state index contributed by atoms with van der Waals surface area (Å²) in [6.07, 6.45) is 0. The number of para-hydroxylation sites is 5. The zero-order valence-electron chi connectivity index (χ0n) is 37.3. The first kappa shape index (κ1) is 38.0. The summed E-state index contributed by atoms with van der Waals surface area (Å²) in [6.45, 7) is 0. The third kappa shape index (κ3) is 5.28. The van der Waals surface area contributed by atoms with Crippen molar-refractivity contribution in [2.24, 2.45) is 0 Å². The molecule has 1 spiro atoms. The lowest BCUT2D eigenvalue weighted by atomic mass is 9.65. The molecule has 2 aliphatic rings. The second-order valence-corrected chi connectivity index (χ2v) is 18.3. The summed E-state index contributed by atoms with van der Waals surface area (Å²) in [5.41, 5.74) is 21.1. The number of hydrogen-bond donors (Lipinski definition) is 0. The highest BCUT2D eigenvalue weighted by Gasteiger charge is 2.51. The molecule has 4 heteroatoms. The molecule has 320 valence electrons. The smallest absolute Gasteiger partial charge is 0.161 e. The third-order valence-electron chi connectivity index (χ3n) is 14.9. The monoisotopic (exact) mass is 877 g/mol. The highest BCUT2D eigenvalue weighted by Crippen LogP contribution is 2.62. The van der Waals surface area contributed by atoms with E-state index in [0.717, 1.165) is 77.8 Å². The summed E-state index contributed by atoms with van der Waals surface area (Å²) in [6, 6.07) is 85.4. The van der Waals surface area contributed by atoms with Crippen LogP contribution in [-0.4, -0.2) is 14.5 Å². The van der Waals surface area contributed by atoms with Crippen LogP contribution in [0.25, 0.3) is 117 Å². The van der Waals surface area contributed by atoms with Crippen LogP contribution in [0.3, 0.4) is 0 Å². The average molecular weight is 878 g/mol. The van der Waals surface area contributed by atoms with Crippen molar-refractivity contribution in [3.63, 3.8) is 0 Å². The van der Waals surface area contributed by atoms with Crippen LogP contribution in [-0.2, 0) is 5.41 Å². The maximum Gasteiger partial charge on any atom is 0.161 e. The molecule has 0 saturated heterocycles. The molecule has 1 atom stereocenters. The Labute approximate surface area is 398 Å². The molecular weight excluding hydrogens is 839 g/mol. The fourth-order valence-electron chi connectivity index (χ4n) is 12.0. The molecule has 0 radical (unpaired) electrons. The van der Waals surface area contributed by atoms with Crippen molar-refractivity contribution in [2.75, 3.05) is 0 Å². The maximum atomic E-state index is 6.73. The summed E-state index contributed by atoms with van der Waals surface area (Å²) >= 11 is 0. The predicted molar refractivity (Wildman–Crippen MR) is 282 cm³/mol. The van der Waals surface area contributed by atoms with Gasteiger partial charge in [0.05, 0.1) is 33.5 Å². The molecule has 1 aliphatic carbocycles. The fourth-order valence-corrected chi connectivity index (χ4v) is 12.0. The number of hydrogen-bond acceptors (Lipinski definition) is 3. The van der Waals surface area contributed by atoms with Gasteiger partial charge < -0.3 is 8.98 Å². The third-order valence-corrected chi connectivity index (χ3v) is 14.9. The number of rotatable bonds is 5. The van der Waals surface area contributed by atoms with E-state index >= 15 is 0 Å². The molecule has 15 rings (SSSR count). The van der Waals surface area contributed by atoms with Gasteiger partial charge in [-0.25, -0.2) is 9.97 Å². The molecule has 1 unspecified atom stereocenters. The molecule has 69 heavy (non-hydrogen) atoms. The van der Waals surface area contributed by atoms with Gasteiger partial charge in [0.15, 0.2) is 5.82 Å². The largest absolute Gasteiger partial charge is 0.455 e. The van der Waals surface area contributed by atoms with Gasteiger partial charge in [0.1, 0.15) is 11.2 Å². The lowest BCUT2D eigenvalue weighted by molar-refractivity contribution is 0.670. The van der Waals surface area contributed by atoms with E-state index in [1.54, 1.807) is 0 Å². The molecule has 10 aromatic carbocycles. The van der Waals surface area contributed by atoms with E-state index in [2.05, 4.69) is 229 Å². The minimum Gasteiger partial charge on any atom is -0.455 e. The van der Waals surface area contributed by atoms with Gasteiger partial charge in [0.2, 0.25) is 0 Å². The summed E-state index contributed by atoms with van der Waals surface area (Å²) < 4.78 is 9.23. The Morgan fingerprint density at radius 1 is 0.362 bits per heavy atom. The van der Waals surface area contributed by atoms with Gasteiger partial charge in [-0.3, -0.25) is 0 Å². The van der Waals surface area contributed by atoms with Crippen LogP contribution < -0.4 is 0 Å². The highest BCUT2D eigenvalue weighted by atomic mass is 16.3. The fraction of sp³-hybridized carbons (Fsp3) is 0.0154. The highest BCUT2D eigenvalue weighted by molar-refractivity contribution is 6.13. The number of furan rings is 1. The number of benzene rings is 10.